The van der Waals surface area contributed by atoms with Crippen LogP contribution in [0.25, 0.3) is 11.2 Å². The van der Waals surface area contributed by atoms with Crippen molar-refractivity contribution in [3.8, 4) is 0 Å². The Labute approximate surface area is 131 Å². The van der Waals surface area contributed by atoms with Gasteiger partial charge >= 0.3 is 0 Å². The number of hydrogen-bond acceptors (Lipinski definition) is 7. The molecule has 3 aromatic heterocycles. The van der Waals surface area contributed by atoms with E-state index in [9.17, 15) is 0 Å². The SMILES string of the molecule is Nc1nc(NCc2nnc(C3CC3)n2C2CC2)c2[nH]cnc2n1. The zero-order valence-electron chi connectivity index (χ0n) is 12.5. The van der Waals surface area contributed by atoms with Crippen molar-refractivity contribution < 1.29 is 0 Å². The molecule has 3 heterocycles. The van der Waals surface area contributed by atoms with Crippen LogP contribution in [0, 0.1) is 0 Å². The van der Waals surface area contributed by atoms with E-state index in [2.05, 4.69) is 40.0 Å². The predicted molar refractivity (Wildman–Crippen MR) is 83.7 cm³/mol. The van der Waals surface area contributed by atoms with Crippen LogP contribution in [0.4, 0.5) is 11.8 Å². The molecule has 2 aliphatic carbocycles. The molecule has 118 valence electrons. The van der Waals surface area contributed by atoms with Gasteiger partial charge in [-0.25, -0.2) is 4.98 Å². The lowest BCUT2D eigenvalue weighted by Crippen LogP contribution is -2.11. The zero-order valence-corrected chi connectivity index (χ0v) is 12.5. The third-order valence-electron chi connectivity index (χ3n) is 4.36. The van der Waals surface area contributed by atoms with E-state index in [0.29, 0.717) is 30.0 Å². The van der Waals surface area contributed by atoms with Crippen LogP contribution in [-0.4, -0.2) is 34.7 Å². The fraction of sp³-hybridized carbons (Fsp3) is 0.500. The molecule has 0 amide bonds. The Hall–Kier alpha value is -2.71. The Kier molecular flexibility index (Phi) is 2.58. The maximum atomic E-state index is 5.74. The fourth-order valence-electron chi connectivity index (χ4n) is 2.95. The molecular formula is C14H17N9. The highest BCUT2D eigenvalue weighted by Crippen LogP contribution is 2.44. The number of anilines is 2. The minimum Gasteiger partial charge on any atom is -0.368 e. The fourth-order valence-corrected chi connectivity index (χ4v) is 2.95. The van der Waals surface area contributed by atoms with Gasteiger partial charge in [0.1, 0.15) is 11.3 Å². The average Bonchev–Trinajstić information content (AvgIpc) is 3.47. The molecule has 3 aromatic rings. The summed E-state index contributed by atoms with van der Waals surface area (Å²) in [5, 5.41) is 12.1. The summed E-state index contributed by atoms with van der Waals surface area (Å²) < 4.78 is 2.32. The lowest BCUT2D eigenvalue weighted by atomic mass is 10.3. The Morgan fingerprint density at radius 2 is 2.09 bits per heavy atom. The predicted octanol–water partition coefficient (Wildman–Crippen LogP) is 1.35. The Balaban J connectivity index is 1.45. The Morgan fingerprint density at radius 3 is 2.87 bits per heavy atom. The number of nitrogens with zero attached hydrogens (tertiary/aromatic N) is 6. The van der Waals surface area contributed by atoms with Crippen molar-refractivity contribution >= 4 is 22.9 Å². The molecule has 23 heavy (non-hydrogen) atoms. The molecule has 2 saturated carbocycles. The van der Waals surface area contributed by atoms with E-state index in [1.165, 1.54) is 25.7 Å². The van der Waals surface area contributed by atoms with Gasteiger partial charge in [-0.2, -0.15) is 9.97 Å². The number of hydrogen-bond donors (Lipinski definition) is 3. The molecule has 0 saturated heterocycles. The third kappa shape index (κ3) is 2.19. The monoisotopic (exact) mass is 311 g/mol. The molecule has 9 heteroatoms. The van der Waals surface area contributed by atoms with Gasteiger partial charge in [-0.3, -0.25) is 0 Å². The number of nitrogens with two attached hydrogens (primary N) is 1. The highest BCUT2D eigenvalue weighted by atomic mass is 15.3. The van der Waals surface area contributed by atoms with E-state index in [-0.39, 0.29) is 5.95 Å². The number of fused-ring (bicyclic) bond motifs is 1. The summed E-state index contributed by atoms with van der Waals surface area (Å²) in [6.45, 7) is 0.556. The normalized spacial score (nSPS) is 17.7. The molecule has 2 aliphatic rings. The highest BCUT2D eigenvalue weighted by molar-refractivity contribution is 5.83. The summed E-state index contributed by atoms with van der Waals surface area (Å²) in [5.74, 6) is 3.56. The van der Waals surface area contributed by atoms with Crippen molar-refractivity contribution in [2.45, 2.75) is 44.2 Å². The first kappa shape index (κ1) is 12.8. The van der Waals surface area contributed by atoms with Crippen LogP contribution in [0.1, 0.15) is 49.3 Å². The standard InChI is InChI=1S/C14H17N9/c15-14-19-11(10-12(20-14)18-6-17-10)16-5-9-21-22-13(7-1-2-7)23(9)8-3-4-8/h6-8H,1-5H2,(H4,15,16,17,18,19,20). The molecule has 0 unspecified atom stereocenters. The number of aromatic amines is 1. The van der Waals surface area contributed by atoms with Crippen LogP contribution in [0.3, 0.4) is 0 Å². The average molecular weight is 311 g/mol. The van der Waals surface area contributed by atoms with Crippen molar-refractivity contribution in [3.05, 3.63) is 18.0 Å². The minimum absolute atomic E-state index is 0.203. The lowest BCUT2D eigenvalue weighted by Gasteiger charge is -2.10. The quantitative estimate of drug-likeness (QED) is 0.649. The smallest absolute Gasteiger partial charge is 0.224 e. The van der Waals surface area contributed by atoms with Crippen LogP contribution < -0.4 is 11.1 Å². The first-order valence-electron chi connectivity index (χ1n) is 7.93. The summed E-state index contributed by atoms with van der Waals surface area (Å²) in [6.07, 6.45) is 6.48. The van der Waals surface area contributed by atoms with E-state index in [1.807, 2.05) is 0 Å². The minimum atomic E-state index is 0.203. The summed E-state index contributed by atoms with van der Waals surface area (Å²) in [6, 6.07) is 0.569. The van der Waals surface area contributed by atoms with Gasteiger partial charge in [-0.05, 0) is 25.7 Å². The van der Waals surface area contributed by atoms with Gasteiger partial charge < -0.3 is 20.6 Å². The van der Waals surface area contributed by atoms with E-state index < -0.39 is 0 Å². The molecule has 2 fully saturated rings. The first-order chi connectivity index (χ1) is 11.3. The molecule has 0 atom stereocenters. The largest absolute Gasteiger partial charge is 0.368 e. The number of aromatic nitrogens is 7. The molecule has 0 aliphatic heterocycles. The summed E-state index contributed by atoms with van der Waals surface area (Å²) in [4.78, 5) is 15.5. The number of imidazole rings is 1. The van der Waals surface area contributed by atoms with Crippen LogP contribution >= 0.6 is 0 Å². The van der Waals surface area contributed by atoms with Crippen LogP contribution in [0.5, 0.6) is 0 Å². The van der Waals surface area contributed by atoms with Crippen molar-refractivity contribution in [2.75, 3.05) is 11.1 Å². The van der Waals surface area contributed by atoms with Gasteiger partial charge in [0, 0.05) is 12.0 Å². The van der Waals surface area contributed by atoms with Crippen molar-refractivity contribution in [1.82, 2.24) is 34.7 Å². The van der Waals surface area contributed by atoms with Gasteiger partial charge in [-0.15, -0.1) is 10.2 Å². The summed E-state index contributed by atoms with van der Waals surface area (Å²) in [7, 11) is 0. The van der Waals surface area contributed by atoms with Gasteiger partial charge in [0.2, 0.25) is 5.95 Å². The Bertz CT molecular complexity index is 872. The van der Waals surface area contributed by atoms with Gasteiger partial charge in [0.15, 0.2) is 17.3 Å². The van der Waals surface area contributed by atoms with Crippen molar-refractivity contribution in [2.24, 2.45) is 0 Å². The van der Waals surface area contributed by atoms with Crippen LogP contribution in [-0.2, 0) is 6.54 Å². The molecular weight excluding hydrogens is 294 g/mol. The first-order valence-corrected chi connectivity index (χ1v) is 7.93. The van der Waals surface area contributed by atoms with Crippen LogP contribution in [0.2, 0.25) is 0 Å². The maximum Gasteiger partial charge on any atom is 0.224 e. The number of H-pyrrole nitrogens is 1. The Morgan fingerprint density at radius 1 is 1.22 bits per heavy atom. The molecule has 4 N–H and O–H groups in total. The second-order valence-corrected chi connectivity index (χ2v) is 6.23. The topological polar surface area (TPSA) is 123 Å². The molecule has 0 spiro atoms. The number of nitrogens with one attached hydrogen (secondary N) is 2. The van der Waals surface area contributed by atoms with Crippen LogP contribution in [0.15, 0.2) is 6.33 Å². The third-order valence-corrected chi connectivity index (χ3v) is 4.36. The van der Waals surface area contributed by atoms with Gasteiger partial charge in [0.25, 0.3) is 0 Å². The second-order valence-electron chi connectivity index (χ2n) is 6.23. The van der Waals surface area contributed by atoms with E-state index in [1.54, 1.807) is 6.33 Å². The van der Waals surface area contributed by atoms with Crippen molar-refractivity contribution in [1.29, 1.82) is 0 Å². The maximum absolute atomic E-state index is 5.74. The van der Waals surface area contributed by atoms with E-state index in [4.69, 9.17) is 5.73 Å². The summed E-state index contributed by atoms with van der Waals surface area (Å²) >= 11 is 0. The van der Waals surface area contributed by atoms with Crippen molar-refractivity contribution in [3.63, 3.8) is 0 Å². The van der Waals surface area contributed by atoms with E-state index >= 15 is 0 Å². The number of nitrogen functional groups attached to an aromatic ring is 1. The zero-order chi connectivity index (χ0) is 15.4. The lowest BCUT2D eigenvalue weighted by molar-refractivity contribution is 0.650. The second kappa shape index (κ2) is 4.64. The molecule has 0 radical (unpaired) electrons. The number of rotatable bonds is 5. The highest BCUT2D eigenvalue weighted by Gasteiger charge is 2.36. The summed E-state index contributed by atoms with van der Waals surface area (Å²) in [5.41, 5.74) is 7.05. The molecule has 5 rings (SSSR count). The molecule has 0 aromatic carbocycles. The molecule has 0 bridgehead atoms. The molecule has 9 nitrogen and oxygen atoms in total. The van der Waals surface area contributed by atoms with Gasteiger partial charge in [-0.1, -0.05) is 0 Å². The van der Waals surface area contributed by atoms with E-state index in [0.717, 1.165) is 17.2 Å². The van der Waals surface area contributed by atoms with Gasteiger partial charge in [0.05, 0.1) is 12.9 Å².